The van der Waals surface area contributed by atoms with Crippen LogP contribution in [0.2, 0.25) is 5.02 Å². The van der Waals surface area contributed by atoms with Crippen LogP contribution in [0.1, 0.15) is 12.0 Å². The molecule has 0 aromatic heterocycles. The molecule has 0 aliphatic carbocycles. The monoisotopic (exact) mass is 306 g/mol. The van der Waals surface area contributed by atoms with E-state index in [0.29, 0.717) is 0 Å². The van der Waals surface area contributed by atoms with Gasteiger partial charge in [-0.25, -0.2) is 13.2 Å². The number of hydrogen-bond acceptors (Lipinski definition) is 5. The molecule has 1 aromatic rings. The average molecular weight is 307 g/mol. The molecule has 0 spiro atoms. The highest BCUT2D eigenvalue weighted by Gasteiger charge is 2.48. The molecule has 1 aliphatic rings. The fraction of sp³-hybridized carbons (Fsp3) is 0.364. The van der Waals surface area contributed by atoms with Gasteiger partial charge < -0.3 is 14.9 Å². The number of carboxylic acids is 1. The first-order chi connectivity index (χ1) is 8.72. The normalized spacial score (nSPS) is 24.6. The average Bonchev–Trinajstić information content (AvgIpc) is 2.33. The minimum Gasteiger partial charge on any atom is -0.495 e. The number of methoxy groups -OCH3 is 1. The zero-order chi connectivity index (χ0) is 14.4. The molecule has 2 rings (SSSR count). The van der Waals surface area contributed by atoms with Crippen LogP contribution in [0.5, 0.6) is 5.75 Å². The van der Waals surface area contributed by atoms with Crippen LogP contribution in [-0.4, -0.2) is 37.5 Å². The lowest BCUT2D eigenvalue weighted by Gasteiger charge is -2.31. The Morgan fingerprint density at radius 3 is 2.63 bits per heavy atom. The van der Waals surface area contributed by atoms with Crippen molar-refractivity contribution in [1.29, 1.82) is 0 Å². The largest absolute Gasteiger partial charge is 0.495 e. The molecular weight excluding hydrogens is 296 g/mol. The molecule has 1 aromatic carbocycles. The first kappa shape index (κ1) is 14.1. The van der Waals surface area contributed by atoms with Gasteiger partial charge in [0.2, 0.25) is 0 Å². The van der Waals surface area contributed by atoms with Crippen molar-refractivity contribution in [2.24, 2.45) is 0 Å². The molecular formula is C11H11ClO6S. The Morgan fingerprint density at radius 1 is 1.47 bits per heavy atom. The number of rotatable bonds is 2. The van der Waals surface area contributed by atoms with E-state index < -0.39 is 33.6 Å². The number of carboxylic acid groups (broad SMARTS) is 1. The third-order valence-electron chi connectivity index (χ3n) is 3.08. The number of halogens is 1. The predicted octanol–water partition coefficient (Wildman–Crippen LogP) is 0.798. The number of fused-ring (bicyclic) bond motifs is 1. The Balaban J connectivity index is 2.88. The van der Waals surface area contributed by atoms with Crippen LogP contribution in [0.3, 0.4) is 0 Å². The molecule has 0 saturated heterocycles. The molecule has 2 N–H and O–H groups in total. The summed E-state index contributed by atoms with van der Waals surface area (Å²) in [7, 11) is -2.47. The van der Waals surface area contributed by atoms with Gasteiger partial charge in [-0.1, -0.05) is 11.6 Å². The first-order valence-corrected chi connectivity index (χ1v) is 7.32. The standard InChI is InChI=1S/C11H11ClO6S/c1-18-8-5-6(12)4-7-9(8)19(16,17)3-2-11(7,15)10(13)14/h4-5,15H,2-3H2,1H3,(H,13,14)/t11-/m1/s1. The number of ether oxygens (including phenoxy) is 1. The lowest BCUT2D eigenvalue weighted by atomic mass is 9.90. The molecule has 104 valence electrons. The summed E-state index contributed by atoms with van der Waals surface area (Å²) in [5, 5.41) is 19.4. The Labute approximate surface area is 114 Å². The molecule has 0 saturated carbocycles. The highest BCUT2D eigenvalue weighted by Crippen LogP contribution is 2.43. The number of carbonyl (C=O) groups is 1. The van der Waals surface area contributed by atoms with Crippen molar-refractivity contribution in [1.82, 2.24) is 0 Å². The molecule has 6 nitrogen and oxygen atoms in total. The third-order valence-corrected chi connectivity index (χ3v) is 5.09. The van der Waals surface area contributed by atoms with Crippen molar-refractivity contribution in [2.45, 2.75) is 16.9 Å². The lowest BCUT2D eigenvalue weighted by Crippen LogP contribution is -2.42. The van der Waals surface area contributed by atoms with E-state index in [1.807, 2.05) is 0 Å². The highest BCUT2D eigenvalue weighted by atomic mass is 35.5. The van der Waals surface area contributed by atoms with E-state index in [1.165, 1.54) is 13.2 Å². The second kappa shape index (κ2) is 4.36. The smallest absolute Gasteiger partial charge is 0.340 e. The second-order valence-corrected chi connectivity index (χ2v) is 6.70. The van der Waals surface area contributed by atoms with Gasteiger partial charge in [0.15, 0.2) is 15.4 Å². The number of benzene rings is 1. The molecule has 8 heteroatoms. The van der Waals surface area contributed by atoms with Gasteiger partial charge >= 0.3 is 5.97 Å². The Hall–Kier alpha value is -1.31. The topological polar surface area (TPSA) is 101 Å². The maximum Gasteiger partial charge on any atom is 0.340 e. The summed E-state index contributed by atoms with van der Waals surface area (Å²) < 4.78 is 29.0. The van der Waals surface area contributed by atoms with E-state index in [2.05, 4.69) is 0 Å². The van der Waals surface area contributed by atoms with E-state index in [1.54, 1.807) is 0 Å². The molecule has 0 unspecified atom stereocenters. The van der Waals surface area contributed by atoms with Gasteiger partial charge in [0, 0.05) is 23.1 Å². The zero-order valence-electron chi connectivity index (χ0n) is 9.88. The third kappa shape index (κ3) is 2.07. The lowest BCUT2D eigenvalue weighted by molar-refractivity contribution is -0.160. The fourth-order valence-corrected chi connectivity index (χ4v) is 4.08. The molecule has 1 atom stereocenters. The van der Waals surface area contributed by atoms with Crippen molar-refractivity contribution >= 4 is 27.4 Å². The van der Waals surface area contributed by atoms with Crippen molar-refractivity contribution in [3.8, 4) is 5.75 Å². The Bertz CT molecular complexity index is 653. The summed E-state index contributed by atoms with van der Waals surface area (Å²) in [4.78, 5) is 10.9. The van der Waals surface area contributed by atoms with Crippen molar-refractivity contribution in [3.63, 3.8) is 0 Å². The van der Waals surface area contributed by atoms with Gasteiger partial charge in [0.05, 0.1) is 12.9 Å². The molecule has 0 fully saturated rings. The number of hydrogen-bond donors (Lipinski definition) is 2. The number of aliphatic carboxylic acids is 1. The zero-order valence-corrected chi connectivity index (χ0v) is 11.5. The van der Waals surface area contributed by atoms with E-state index in [9.17, 15) is 18.3 Å². The van der Waals surface area contributed by atoms with Crippen molar-refractivity contribution in [3.05, 3.63) is 22.7 Å². The molecule has 0 bridgehead atoms. The van der Waals surface area contributed by atoms with Crippen LogP contribution >= 0.6 is 11.6 Å². The van der Waals surface area contributed by atoms with Crippen LogP contribution in [-0.2, 0) is 20.2 Å². The van der Waals surface area contributed by atoms with E-state index >= 15 is 0 Å². The Kier molecular flexibility index (Phi) is 3.24. The van der Waals surface area contributed by atoms with Crippen LogP contribution < -0.4 is 4.74 Å². The van der Waals surface area contributed by atoms with Gasteiger partial charge in [-0.05, 0) is 6.07 Å². The molecule has 1 aliphatic heterocycles. The summed E-state index contributed by atoms with van der Waals surface area (Å²) >= 11 is 5.81. The van der Waals surface area contributed by atoms with E-state index in [0.717, 1.165) is 6.07 Å². The van der Waals surface area contributed by atoms with Gasteiger partial charge in [-0.15, -0.1) is 0 Å². The van der Waals surface area contributed by atoms with Crippen LogP contribution in [0.25, 0.3) is 0 Å². The van der Waals surface area contributed by atoms with Gasteiger partial charge in [0.1, 0.15) is 10.6 Å². The van der Waals surface area contributed by atoms with Crippen LogP contribution in [0, 0.1) is 0 Å². The van der Waals surface area contributed by atoms with Crippen LogP contribution in [0.4, 0.5) is 0 Å². The van der Waals surface area contributed by atoms with Gasteiger partial charge in [0.25, 0.3) is 0 Å². The SMILES string of the molecule is COc1cc(Cl)cc2c1S(=O)(=O)CC[C@]2(O)C(=O)O. The minimum atomic E-state index is -3.71. The first-order valence-electron chi connectivity index (χ1n) is 5.29. The number of aliphatic hydroxyl groups is 1. The Morgan fingerprint density at radius 2 is 2.11 bits per heavy atom. The van der Waals surface area contributed by atoms with Gasteiger partial charge in [-0.2, -0.15) is 0 Å². The van der Waals surface area contributed by atoms with Crippen LogP contribution in [0.15, 0.2) is 17.0 Å². The van der Waals surface area contributed by atoms with E-state index in [-0.39, 0.29) is 21.2 Å². The minimum absolute atomic E-state index is 0.0677. The summed E-state index contributed by atoms with van der Waals surface area (Å²) in [5.41, 5.74) is -2.53. The second-order valence-electron chi connectivity index (χ2n) is 4.22. The summed E-state index contributed by atoms with van der Waals surface area (Å²) in [6.07, 6.45) is -0.429. The molecule has 0 amide bonds. The quantitative estimate of drug-likeness (QED) is 0.838. The van der Waals surface area contributed by atoms with E-state index in [4.69, 9.17) is 21.4 Å². The predicted molar refractivity (Wildman–Crippen MR) is 66.2 cm³/mol. The van der Waals surface area contributed by atoms with Gasteiger partial charge in [-0.3, -0.25) is 0 Å². The van der Waals surface area contributed by atoms with Crippen molar-refractivity contribution in [2.75, 3.05) is 12.9 Å². The number of sulfone groups is 1. The maximum atomic E-state index is 12.0. The van der Waals surface area contributed by atoms with Crippen molar-refractivity contribution < 1.29 is 28.2 Å². The molecule has 0 radical (unpaired) electrons. The summed E-state index contributed by atoms with van der Waals surface area (Å²) in [6.45, 7) is 0. The summed E-state index contributed by atoms with van der Waals surface area (Å²) in [5.74, 6) is -2.06. The summed E-state index contributed by atoms with van der Waals surface area (Å²) in [6, 6.07) is 2.41. The maximum absolute atomic E-state index is 12.0. The fourth-order valence-electron chi connectivity index (χ4n) is 2.09. The highest BCUT2D eigenvalue weighted by molar-refractivity contribution is 7.91. The molecule has 1 heterocycles. The molecule has 19 heavy (non-hydrogen) atoms.